The predicted octanol–water partition coefficient (Wildman–Crippen LogP) is 3.56. The highest BCUT2D eigenvalue weighted by atomic mass is 16.3. The zero-order chi connectivity index (χ0) is 25.1. The van der Waals surface area contributed by atoms with E-state index in [2.05, 4.69) is 63.4 Å². The highest BCUT2D eigenvalue weighted by molar-refractivity contribution is 5.99. The molecule has 1 aliphatic heterocycles. The summed E-state index contributed by atoms with van der Waals surface area (Å²) < 4.78 is 0. The van der Waals surface area contributed by atoms with Gasteiger partial charge in [-0.05, 0) is 62.1 Å². The van der Waals surface area contributed by atoms with Crippen molar-refractivity contribution in [1.29, 1.82) is 0 Å². The third-order valence-electron chi connectivity index (χ3n) is 6.83. The number of anilines is 2. The van der Waals surface area contributed by atoms with E-state index >= 15 is 0 Å². The number of amides is 1. The molecule has 0 aliphatic carbocycles. The number of benzene rings is 2. The van der Waals surface area contributed by atoms with E-state index in [1.807, 2.05) is 26.0 Å². The quantitative estimate of drug-likeness (QED) is 0.396. The Morgan fingerprint density at radius 3 is 2.29 bits per heavy atom. The number of aryl methyl sites for hydroxylation is 2. The monoisotopic (exact) mass is 476 g/mol. The fraction of sp³-hybridized carbons (Fsp3) is 0.407. The molecule has 1 saturated heterocycles. The summed E-state index contributed by atoms with van der Waals surface area (Å²) >= 11 is 0. The molecule has 0 saturated carbocycles. The van der Waals surface area contributed by atoms with Gasteiger partial charge in [-0.3, -0.25) is 14.8 Å². The van der Waals surface area contributed by atoms with Gasteiger partial charge in [-0.1, -0.05) is 24.3 Å². The summed E-state index contributed by atoms with van der Waals surface area (Å²) in [6, 6.07) is 12.9. The number of rotatable bonds is 8. The van der Waals surface area contributed by atoms with Crippen LogP contribution in [0.15, 0.2) is 36.4 Å². The number of aromatic amines is 1. The van der Waals surface area contributed by atoms with Crippen LogP contribution >= 0.6 is 0 Å². The van der Waals surface area contributed by atoms with Crippen molar-refractivity contribution in [2.75, 3.05) is 36.4 Å². The Bertz CT molecular complexity index is 1150. The molecule has 5 N–H and O–H groups in total. The lowest BCUT2D eigenvalue weighted by molar-refractivity contribution is 0.100. The molecule has 2 heterocycles. The number of primary amides is 1. The first-order valence-corrected chi connectivity index (χ1v) is 12.2. The number of nitrogens with zero attached hydrogens (tertiary/aromatic N) is 3. The van der Waals surface area contributed by atoms with Crippen LogP contribution in [0.5, 0.6) is 5.75 Å². The third-order valence-corrected chi connectivity index (χ3v) is 6.83. The van der Waals surface area contributed by atoms with Gasteiger partial charge < -0.3 is 21.1 Å². The molecular formula is C27H36N6O2. The summed E-state index contributed by atoms with van der Waals surface area (Å²) in [4.78, 5) is 17.2. The molecule has 0 radical (unpaired) electrons. The highest BCUT2D eigenvalue weighted by Crippen LogP contribution is 2.25. The van der Waals surface area contributed by atoms with E-state index in [9.17, 15) is 9.90 Å². The number of H-pyrrole nitrogens is 1. The number of hydrogen-bond donors (Lipinski definition) is 4. The van der Waals surface area contributed by atoms with E-state index in [1.54, 1.807) is 0 Å². The molecule has 0 spiro atoms. The molecule has 3 aromatic rings. The van der Waals surface area contributed by atoms with Crippen LogP contribution < -0.4 is 16.0 Å². The fourth-order valence-corrected chi connectivity index (χ4v) is 4.76. The second kappa shape index (κ2) is 10.4. The van der Waals surface area contributed by atoms with Gasteiger partial charge in [-0.2, -0.15) is 5.10 Å². The van der Waals surface area contributed by atoms with Gasteiger partial charge in [-0.25, -0.2) is 0 Å². The number of phenolic OH excluding ortho intramolecular Hbond substituents is 1. The van der Waals surface area contributed by atoms with Crippen molar-refractivity contribution >= 4 is 17.4 Å². The van der Waals surface area contributed by atoms with E-state index in [-0.39, 0.29) is 0 Å². The Balaban J connectivity index is 1.43. The Kier molecular flexibility index (Phi) is 7.31. The zero-order valence-electron chi connectivity index (χ0n) is 21.1. The molecule has 4 rings (SSSR count). The highest BCUT2D eigenvalue weighted by Gasteiger charge is 2.20. The van der Waals surface area contributed by atoms with Crippen LogP contribution in [0.1, 0.15) is 52.2 Å². The standard InChI is InChI=1S/C27H36N6O2/c1-17(2)32-9-11-33(12-10-32)22-7-5-20(6-8-22)15-23-24(26(28)35)27(31-30-23)29-16-21-13-18(3)25(34)19(4)14-21/h5-8,13-14,17,34H,9-12,15-16H2,1-4H3,(H2,28,35)(H2,29,30,31). The van der Waals surface area contributed by atoms with Gasteiger partial charge in [0.1, 0.15) is 11.3 Å². The third kappa shape index (κ3) is 5.59. The summed E-state index contributed by atoms with van der Waals surface area (Å²) in [7, 11) is 0. The molecule has 1 fully saturated rings. The van der Waals surface area contributed by atoms with Crippen molar-refractivity contribution in [3.8, 4) is 5.75 Å². The van der Waals surface area contributed by atoms with E-state index in [0.29, 0.717) is 41.8 Å². The lowest BCUT2D eigenvalue weighted by atomic mass is 10.0. The van der Waals surface area contributed by atoms with E-state index in [1.165, 1.54) is 5.69 Å². The minimum Gasteiger partial charge on any atom is -0.507 e. The largest absolute Gasteiger partial charge is 0.507 e. The molecule has 1 aliphatic rings. The van der Waals surface area contributed by atoms with Crippen LogP contribution in [0.4, 0.5) is 11.5 Å². The van der Waals surface area contributed by atoms with Gasteiger partial charge in [0, 0.05) is 50.9 Å². The number of aromatic hydroxyl groups is 1. The normalized spacial score (nSPS) is 14.5. The van der Waals surface area contributed by atoms with Gasteiger partial charge in [0.15, 0.2) is 5.82 Å². The van der Waals surface area contributed by atoms with E-state index in [4.69, 9.17) is 5.73 Å². The van der Waals surface area contributed by atoms with E-state index in [0.717, 1.165) is 48.4 Å². The second-order valence-electron chi connectivity index (χ2n) is 9.68. The number of piperazine rings is 1. The molecule has 0 bridgehead atoms. The van der Waals surface area contributed by atoms with E-state index < -0.39 is 5.91 Å². The molecule has 8 nitrogen and oxygen atoms in total. The van der Waals surface area contributed by atoms with Crippen molar-refractivity contribution in [2.24, 2.45) is 5.73 Å². The molecule has 1 aromatic heterocycles. The maximum absolute atomic E-state index is 12.3. The Morgan fingerprint density at radius 2 is 1.71 bits per heavy atom. The molecular weight excluding hydrogens is 440 g/mol. The Labute approximate surface area is 207 Å². The van der Waals surface area contributed by atoms with Crippen LogP contribution in [0, 0.1) is 13.8 Å². The average molecular weight is 477 g/mol. The average Bonchev–Trinajstić information content (AvgIpc) is 3.24. The number of nitrogens with two attached hydrogens (primary N) is 1. The molecule has 0 atom stereocenters. The first-order valence-electron chi connectivity index (χ1n) is 12.2. The number of carbonyl (C=O) groups excluding carboxylic acids is 1. The summed E-state index contributed by atoms with van der Waals surface area (Å²) in [6.07, 6.45) is 0.534. The van der Waals surface area contributed by atoms with Crippen molar-refractivity contribution in [1.82, 2.24) is 15.1 Å². The van der Waals surface area contributed by atoms with Gasteiger partial charge in [0.2, 0.25) is 0 Å². The summed E-state index contributed by atoms with van der Waals surface area (Å²) in [5, 5.41) is 20.5. The topological polar surface area (TPSA) is 111 Å². The lowest BCUT2D eigenvalue weighted by Crippen LogP contribution is -2.48. The van der Waals surface area contributed by atoms with Crippen molar-refractivity contribution in [3.05, 3.63) is 69.9 Å². The molecule has 8 heteroatoms. The smallest absolute Gasteiger partial charge is 0.254 e. The van der Waals surface area contributed by atoms with Crippen LogP contribution in [0.2, 0.25) is 0 Å². The van der Waals surface area contributed by atoms with Crippen molar-refractivity contribution in [2.45, 2.75) is 46.7 Å². The number of hydrogen-bond acceptors (Lipinski definition) is 6. The molecule has 1 amide bonds. The molecule has 0 unspecified atom stereocenters. The summed E-state index contributed by atoms with van der Waals surface area (Å²) in [5.41, 5.74) is 11.7. The molecule has 186 valence electrons. The van der Waals surface area contributed by atoms with Crippen LogP contribution in [0.25, 0.3) is 0 Å². The summed E-state index contributed by atoms with van der Waals surface area (Å²) in [5.74, 6) is 0.224. The Morgan fingerprint density at radius 1 is 1.09 bits per heavy atom. The van der Waals surface area contributed by atoms with Gasteiger partial charge in [0.25, 0.3) is 5.91 Å². The fourth-order valence-electron chi connectivity index (χ4n) is 4.76. The zero-order valence-corrected chi connectivity index (χ0v) is 21.1. The number of phenols is 1. The second-order valence-corrected chi connectivity index (χ2v) is 9.68. The first kappa shape index (κ1) is 24.6. The molecule has 2 aromatic carbocycles. The van der Waals surface area contributed by atoms with Crippen LogP contribution in [-0.4, -0.2) is 58.3 Å². The minimum absolute atomic E-state index is 0.303. The van der Waals surface area contributed by atoms with Gasteiger partial charge >= 0.3 is 0 Å². The number of carbonyl (C=O) groups is 1. The van der Waals surface area contributed by atoms with Crippen LogP contribution in [0.3, 0.4) is 0 Å². The SMILES string of the molecule is Cc1cc(CNc2n[nH]c(Cc3ccc(N4CCN(C(C)C)CC4)cc3)c2C(N)=O)cc(C)c1O. The maximum Gasteiger partial charge on any atom is 0.254 e. The number of aromatic nitrogens is 2. The molecule has 35 heavy (non-hydrogen) atoms. The Hall–Kier alpha value is -3.52. The predicted molar refractivity (Wildman–Crippen MR) is 140 cm³/mol. The maximum atomic E-state index is 12.3. The van der Waals surface area contributed by atoms with Crippen molar-refractivity contribution < 1.29 is 9.90 Å². The lowest BCUT2D eigenvalue weighted by Gasteiger charge is -2.38. The van der Waals surface area contributed by atoms with Gasteiger partial charge in [0.05, 0.1) is 5.69 Å². The summed E-state index contributed by atoms with van der Waals surface area (Å²) in [6.45, 7) is 12.9. The first-order chi connectivity index (χ1) is 16.7. The number of nitrogens with one attached hydrogen (secondary N) is 2. The van der Waals surface area contributed by atoms with Crippen LogP contribution in [-0.2, 0) is 13.0 Å². The minimum atomic E-state index is -0.519. The van der Waals surface area contributed by atoms with Crippen molar-refractivity contribution in [3.63, 3.8) is 0 Å². The van der Waals surface area contributed by atoms with Gasteiger partial charge in [-0.15, -0.1) is 0 Å².